The minimum Gasteiger partial charge on any atom is -0.469 e. The number of halogens is 1. The molecule has 0 amide bonds. The number of carbonyl (C=O) groups excluding carboxylic acids is 1. The third-order valence-electron chi connectivity index (χ3n) is 5.23. The SMILES string of the molecule is COC(=O)Cc1ccc(N(Cc2ccccc2F)S(=O)(=O)c2c(C)cc(C)cc2C)cc1. The van der Waals surface area contributed by atoms with Gasteiger partial charge in [-0.2, -0.15) is 0 Å². The van der Waals surface area contributed by atoms with E-state index in [1.165, 1.54) is 17.5 Å². The van der Waals surface area contributed by atoms with E-state index in [9.17, 15) is 17.6 Å². The summed E-state index contributed by atoms with van der Waals surface area (Å²) in [5.74, 6) is -0.869. The normalized spacial score (nSPS) is 11.3. The van der Waals surface area contributed by atoms with Gasteiger partial charge in [0, 0.05) is 5.56 Å². The van der Waals surface area contributed by atoms with Crippen molar-refractivity contribution < 1.29 is 22.3 Å². The summed E-state index contributed by atoms with van der Waals surface area (Å²) >= 11 is 0. The lowest BCUT2D eigenvalue weighted by atomic mass is 10.1. The molecule has 3 rings (SSSR count). The summed E-state index contributed by atoms with van der Waals surface area (Å²) in [5.41, 5.74) is 3.54. The Labute approximate surface area is 188 Å². The highest BCUT2D eigenvalue weighted by molar-refractivity contribution is 7.92. The highest BCUT2D eigenvalue weighted by atomic mass is 32.2. The van der Waals surface area contributed by atoms with E-state index in [1.807, 2.05) is 19.1 Å². The van der Waals surface area contributed by atoms with Crippen molar-refractivity contribution in [1.29, 1.82) is 0 Å². The van der Waals surface area contributed by atoms with Crippen LogP contribution in [0, 0.1) is 26.6 Å². The Morgan fingerprint density at radius 1 is 0.969 bits per heavy atom. The number of rotatable bonds is 7. The molecule has 3 aromatic rings. The van der Waals surface area contributed by atoms with Crippen LogP contribution in [-0.4, -0.2) is 21.5 Å². The van der Waals surface area contributed by atoms with Gasteiger partial charge in [-0.1, -0.05) is 48.0 Å². The standard InChI is InChI=1S/C25H26FNO4S/c1-17-13-18(2)25(19(3)14-17)32(29,30)27(16-21-7-5-6-8-23(21)26)22-11-9-20(10-12-22)15-24(28)31-4/h5-14H,15-16H2,1-4H3. The number of esters is 1. The maximum absolute atomic E-state index is 14.4. The van der Waals surface area contributed by atoms with Crippen LogP contribution in [0.15, 0.2) is 65.6 Å². The lowest BCUT2D eigenvalue weighted by Crippen LogP contribution is -2.32. The molecular formula is C25H26FNO4S. The minimum absolute atomic E-state index is 0.0764. The first-order chi connectivity index (χ1) is 15.1. The second-order valence-electron chi connectivity index (χ2n) is 7.75. The Hall–Kier alpha value is -3.19. The van der Waals surface area contributed by atoms with Crippen LogP contribution in [0.4, 0.5) is 10.1 Å². The lowest BCUT2D eigenvalue weighted by Gasteiger charge is -2.27. The number of carbonyl (C=O) groups is 1. The summed E-state index contributed by atoms with van der Waals surface area (Å²) in [4.78, 5) is 11.8. The van der Waals surface area contributed by atoms with Gasteiger partial charge in [0.1, 0.15) is 5.82 Å². The van der Waals surface area contributed by atoms with E-state index in [4.69, 9.17) is 0 Å². The zero-order chi connectivity index (χ0) is 23.5. The van der Waals surface area contributed by atoms with E-state index in [0.717, 1.165) is 5.56 Å². The Kier molecular flexibility index (Phi) is 6.99. The molecule has 7 heteroatoms. The van der Waals surface area contributed by atoms with Gasteiger partial charge in [-0.25, -0.2) is 12.8 Å². The highest BCUT2D eigenvalue weighted by Crippen LogP contribution is 2.31. The first-order valence-corrected chi connectivity index (χ1v) is 11.6. The predicted octanol–water partition coefficient (Wildman–Crippen LogP) is 4.86. The van der Waals surface area contributed by atoms with Gasteiger partial charge in [0.05, 0.1) is 30.7 Å². The number of nitrogens with zero attached hydrogens (tertiary/aromatic N) is 1. The van der Waals surface area contributed by atoms with E-state index in [1.54, 1.807) is 56.3 Å². The van der Waals surface area contributed by atoms with Crippen LogP contribution in [0.2, 0.25) is 0 Å². The molecular weight excluding hydrogens is 429 g/mol. The number of aryl methyl sites for hydroxylation is 3. The van der Waals surface area contributed by atoms with Crippen molar-refractivity contribution in [3.05, 3.63) is 94.3 Å². The topological polar surface area (TPSA) is 63.7 Å². The molecule has 0 saturated heterocycles. The van der Waals surface area contributed by atoms with E-state index < -0.39 is 15.8 Å². The van der Waals surface area contributed by atoms with Gasteiger partial charge < -0.3 is 4.74 Å². The maximum Gasteiger partial charge on any atom is 0.309 e. The molecule has 0 aromatic heterocycles. The van der Waals surface area contributed by atoms with Crippen molar-refractivity contribution in [2.24, 2.45) is 0 Å². The summed E-state index contributed by atoms with van der Waals surface area (Å²) in [6, 6.07) is 16.3. The van der Waals surface area contributed by atoms with Crippen molar-refractivity contribution in [1.82, 2.24) is 0 Å². The molecule has 0 spiro atoms. The minimum atomic E-state index is -4.01. The molecule has 0 atom stereocenters. The average Bonchev–Trinajstić information content (AvgIpc) is 2.72. The molecule has 0 heterocycles. The fourth-order valence-corrected chi connectivity index (χ4v) is 5.66. The fraction of sp³-hybridized carbons (Fsp3) is 0.240. The molecule has 0 radical (unpaired) electrons. The van der Waals surface area contributed by atoms with E-state index >= 15 is 0 Å². The van der Waals surface area contributed by atoms with Crippen LogP contribution < -0.4 is 4.31 Å². The second-order valence-corrected chi connectivity index (χ2v) is 9.55. The molecule has 0 saturated carbocycles. The molecule has 5 nitrogen and oxygen atoms in total. The highest BCUT2D eigenvalue weighted by Gasteiger charge is 2.29. The summed E-state index contributed by atoms with van der Waals surface area (Å²) in [7, 11) is -2.70. The summed E-state index contributed by atoms with van der Waals surface area (Å²) in [6.07, 6.45) is 0.0764. The van der Waals surface area contributed by atoms with Crippen molar-refractivity contribution in [3.8, 4) is 0 Å². The molecule has 32 heavy (non-hydrogen) atoms. The van der Waals surface area contributed by atoms with E-state index in [-0.39, 0.29) is 29.4 Å². The molecule has 0 aliphatic rings. The van der Waals surface area contributed by atoms with Gasteiger partial charge in [0.15, 0.2) is 0 Å². The van der Waals surface area contributed by atoms with E-state index in [2.05, 4.69) is 4.74 Å². The van der Waals surface area contributed by atoms with Crippen molar-refractivity contribution in [2.45, 2.75) is 38.6 Å². The third kappa shape index (κ3) is 4.99. The molecule has 0 N–H and O–H groups in total. The largest absolute Gasteiger partial charge is 0.469 e. The van der Waals surface area contributed by atoms with Gasteiger partial charge >= 0.3 is 5.97 Å². The molecule has 0 unspecified atom stereocenters. The van der Waals surface area contributed by atoms with Crippen LogP contribution in [0.5, 0.6) is 0 Å². The molecule has 3 aromatic carbocycles. The summed E-state index contributed by atoms with van der Waals surface area (Å²) in [5, 5.41) is 0. The van der Waals surface area contributed by atoms with Crippen LogP contribution in [0.25, 0.3) is 0 Å². The molecule has 0 aliphatic heterocycles. The van der Waals surface area contributed by atoms with Crippen molar-refractivity contribution in [3.63, 3.8) is 0 Å². The number of methoxy groups -OCH3 is 1. The van der Waals surface area contributed by atoms with Crippen LogP contribution in [0.3, 0.4) is 0 Å². The van der Waals surface area contributed by atoms with Crippen molar-refractivity contribution >= 4 is 21.7 Å². The van der Waals surface area contributed by atoms with Gasteiger partial charge in [-0.15, -0.1) is 0 Å². The van der Waals surface area contributed by atoms with E-state index in [0.29, 0.717) is 22.4 Å². The first-order valence-electron chi connectivity index (χ1n) is 10.1. The zero-order valence-electron chi connectivity index (χ0n) is 18.6. The number of sulfonamides is 1. The van der Waals surface area contributed by atoms with Gasteiger partial charge in [0.2, 0.25) is 0 Å². The quantitative estimate of drug-likeness (QED) is 0.477. The number of anilines is 1. The molecule has 0 fully saturated rings. The Balaban J connectivity index is 2.11. The zero-order valence-corrected chi connectivity index (χ0v) is 19.4. The first kappa shape index (κ1) is 23.5. The molecule has 168 valence electrons. The smallest absolute Gasteiger partial charge is 0.309 e. The lowest BCUT2D eigenvalue weighted by molar-refractivity contribution is -0.139. The molecule has 0 bridgehead atoms. The number of ether oxygens (including phenoxy) is 1. The number of hydrogen-bond acceptors (Lipinski definition) is 4. The monoisotopic (exact) mass is 455 g/mol. The van der Waals surface area contributed by atoms with Crippen LogP contribution >= 0.6 is 0 Å². The van der Waals surface area contributed by atoms with Crippen molar-refractivity contribution in [2.75, 3.05) is 11.4 Å². The van der Waals surface area contributed by atoms with Gasteiger partial charge in [-0.3, -0.25) is 9.10 Å². The summed E-state index contributed by atoms with van der Waals surface area (Å²) < 4.78 is 48.0. The van der Waals surface area contributed by atoms with Crippen LogP contribution in [0.1, 0.15) is 27.8 Å². The third-order valence-corrected chi connectivity index (χ3v) is 7.31. The second kappa shape index (κ2) is 9.53. The maximum atomic E-state index is 14.4. The Bertz CT molecular complexity index is 1210. The Morgan fingerprint density at radius 3 is 2.12 bits per heavy atom. The summed E-state index contributed by atoms with van der Waals surface area (Å²) in [6.45, 7) is 5.26. The Morgan fingerprint density at radius 2 is 1.56 bits per heavy atom. The number of hydrogen-bond donors (Lipinski definition) is 0. The van der Waals surface area contributed by atoms with Gasteiger partial charge in [0.25, 0.3) is 10.0 Å². The predicted molar refractivity (Wildman–Crippen MR) is 123 cm³/mol. The van der Waals surface area contributed by atoms with Crippen LogP contribution in [-0.2, 0) is 32.5 Å². The number of benzene rings is 3. The fourth-order valence-electron chi connectivity index (χ4n) is 3.80. The average molecular weight is 456 g/mol. The van der Waals surface area contributed by atoms with Gasteiger partial charge in [-0.05, 0) is 55.7 Å². The molecule has 0 aliphatic carbocycles.